The Labute approximate surface area is 169 Å². The number of fused-ring (bicyclic) bond motifs is 1. The molecule has 11 heteroatoms. The number of carbonyl (C=O) groups excluding carboxylic acids is 3. The Morgan fingerprint density at radius 1 is 1.21 bits per heavy atom. The van der Waals surface area contributed by atoms with Gasteiger partial charge in [0.05, 0.1) is 22.5 Å². The first-order valence-electron chi connectivity index (χ1n) is 8.53. The van der Waals surface area contributed by atoms with E-state index in [0.717, 1.165) is 16.7 Å². The normalized spacial score (nSPS) is 21.3. The molecule has 29 heavy (non-hydrogen) atoms. The van der Waals surface area contributed by atoms with E-state index in [0.29, 0.717) is 5.56 Å². The van der Waals surface area contributed by atoms with Crippen LogP contribution in [-0.4, -0.2) is 57.1 Å². The van der Waals surface area contributed by atoms with E-state index in [-0.39, 0.29) is 29.4 Å². The van der Waals surface area contributed by atoms with Crippen LogP contribution in [0, 0.1) is 5.92 Å². The molecule has 1 fully saturated rings. The van der Waals surface area contributed by atoms with Crippen LogP contribution < -0.4 is 5.73 Å². The van der Waals surface area contributed by atoms with E-state index in [2.05, 4.69) is 4.74 Å². The molecule has 0 unspecified atom stereocenters. The van der Waals surface area contributed by atoms with Gasteiger partial charge in [0.1, 0.15) is 24.3 Å². The number of benzene rings is 1. The molecule has 2 aliphatic heterocycles. The van der Waals surface area contributed by atoms with Gasteiger partial charge in [-0.3, -0.25) is 9.69 Å². The number of carboxylic acids is 1. The second-order valence-corrected chi connectivity index (χ2v) is 7.65. The number of nitrogens with zero attached hydrogens (tertiary/aromatic N) is 1. The summed E-state index contributed by atoms with van der Waals surface area (Å²) >= 11 is 1.09. The number of aliphatic hydroxyl groups is 1. The van der Waals surface area contributed by atoms with E-state index in [1.165, 1.54) is 19.1 Å². The maximum atomic E-state index is 12.2. The fraction of sp³-hybridized carbons (Fsp3) is 0.333. The summed E-state index contributed by atoms with van der Waals surface area (Å²) in [6, 6.07) is 6.06. The first-order valence-corrected chi connectivity index (χ1v) is 9.41. The van der Waals surface area contributed by atoms with Gasteiger partial charge in [0.25, 0.3) is 0 Å². The van der Waals surface area contributed by atoms with Crippen molar-refractivity contribution >= 4 is 35.7 Å². The molecule has 0 spiro atoms. The van der Waals surface area contributed by atoms with E-state index in [1.807, 2.05) is 0 Å². The Kier molecular flexibility index (Phi) is 5.80. The van der Waals surface area contributed by atoms with Crippen LogP contribution in [0.1, 0.15) is 22.8 Å². The first kappa shape index (κ1) is 20.7. The maximum Gasteiger partial charge on any atom is 0.404 e. The molecule has 3 rings (SSSR count). The highest BCUT2D eigenvalue weighted by Crippen LogP contribution is 2.50. The third-order valence-corrected chi connectivity index (χ3v) is 5.82. The van der Waals surface area contributed by atoms with Gasteiger partial charge in [-0.2, -0.15) is 0 Å². The van der Waals surface area contributed by atoms with Crippen molar-refractivity contribution in [3.63, 3.8) is 0 Å². The van der Waals surface area contributed by atoms with Gasteiger partial charge in [-0.15, -0.1) is 0 Å². The summed E-state index contributed by atoms with van der Waals surface area (Å²) in [6.45, 7) is 1.12. The lowest BCUT2D eigenvalue weighted by atomic mass is 9.92. The maximum absolute atomic E-state index is 12.2. The Bertz CT molecular complexity index is 896. The third kappa shape index (κ3) is 4.05. The standard InChI is InChI=1S/C18H18N2O8S/c1-8(21)12-14(22)20-13(16(23)24)11(29-15(12)20)7-27-17(25)10-4-2-9(3-5-10)6-28-18(19)26/h2-5,8,12,15,21H,6-7H2,1H3,(H2,19,26)(H,23,24)/t8-,12+,15-/m1/s1. The number of hydrogen-bond acceptors (Lipinski definition) is 8. The summed E-state index contributed by atoms with van der Waals surface area (Å²) < 4.78 is 9.84. The van der Waals surface area contributed by atoms with Crippen molar-refractivity contribution in [3.8, 4) is 0 Å². The molecule has 154 valence electrons. The minimum Gasteiger partial charge on any atom is -0.477 e. The minimum absolute atomic E-state index is 0.0359. The SMILES string of the molecule is C[C@@H](O)[C@H]1C(=O)N2C(C(=O)O)=C(COC(=O)c3ccc(COC(N)=O)cc3)S[C@H]12. The van der Waals surface area contributed by atoms with Crippen molar-refractivity contribution in [1.82, 2.24) is 4.90 Å². The van der Waals surface area contributed by atoms with E-state index in [1.54, 1.807) is 12.1 Å². The average molecular weight is 422 g/mol. The van der Waals surface area contributed by atoms with Gasteiger partial charge < -0.3 is 25.4 Å². The monoisotopic (exact) mass is 422 g/mol. The van der Waals surface area contributed by atoms with Gasteiger partial charge in [0.2, 0.25) is 5.91 Å². The average Bonchev–Trinajstić information content (AvgIpc) is 2.99. The van der Waals surface area contributed by atoms with Crippen LogP contribution >= 0.6 is 11.8 Å². The Balaban J connectivity index is 1.64. The number of carboxylic acid groups (broad SMARTS) is 1. The summed E-state index contributed by atoms with van der Waals surface area (Å²) in [5.41, 5.74) is 5.50. The number of esters is 1. The van der Waals surface area contributed by atoms with Crippen LogP contribution in [0.25, 0.3) is 0 Å². The molecule has 2 heterocycles. The van der Waals surface area contributed by atoms with E-state index < -0.39 is 41.3 Å². The number of primary amides is 1. The fourth-order valence-corrected chi connectivity index (χ4v) is 4.58. The lowest BCUT2D eigenvalue weighted by Gasteiger charge is -2.43. The summed E-state index contributed by atoms with van der Waals surface area (Å²) in [5, 5.41) is 18.6. The number of β-lactam (4-membered cyclic amide) rings is 1. The molecular weight excluding hydrogens is 404 g/mol. The predicted molar refractivity (Wildman–Crippen MR) is 99.2 cm³/mol. The number of aliphatic hydroxyl groups excluding tert-OH is 1. The minimum atomic E-state index is -1.30. The zero-order chi connectivity index (χ0) is 21.3. The van der Waals surface area contributed by atoms with E-state index >= 15 is 0 Å². The highest BCUT2D eigenvalue weighted by Gasteiger charge is 2.57. The lowest BCUT2D eigenvalue weighted by Crippen LogP contribution is -2.60. The number of aliphatic carboxylic acids is 1. The molecule has 0 aliphatic carbocycles. The summed E-state index contributed by atoms with van der Waals surface area (Å²) in [7, 11) is 0. The number of nitrogens with two attached hydrogens (primary N) is 1. The van der Waals surface area contributed by atoms with Gasteiger partial charge in [-0.25, -0.2) is 14.4 Å². The van der Waals surface area contributed by atoms with Crippen LogP contribution in [-0.2, 0) is 25.7 Å². The van der Waals surface area contributed by atoms with Crippen LogP contribution in [0.2, 0.25) is 0 Å². The highest BCUT2D eigenvalue weighted by molar-refractivity contribution is 8.04. The van der Waals surface area contributed by atoms with Gasteiger partial charge >= 0.3 is 18.0 Å². The highest BCUT2D eigenvalue weighted by atomic mass is 32.2. The fourth-order valence-electron chi connectivity index (χ4n) is 3.06. The number of rotatable bonds is 7. The number of amides is 2. The molecule has 4 N–H and O–H groups in total. The van der Waals surface area contributed by atoms with Crippen molar-refractivity contribution in [3.05, 3.63) is 46.0 Å². The zero-order valence-electron chi connectivity index (χ0n) is 15.2. The number of hydrogen-bond donors (Lipinski definition) is 3. The number of ether oxygens (including phenoxy) is 2. The largest absolute Gasteiger partial charge is 0.477 e. The van der Waals surface area contributed by atoms with Gasteiger partial charge in [0.15, 0.2) is 0 Å². The molecule has 1 aromatic rings. The molecular formula is C18H18N2O8S. The van der Waals surface area contributed by atoms with Crippen LogP contribution in [0.15, 0.2) is 34.9 Å². The topological polar surface area (TPSA) is 156 Å². The summed E-state index contributed by atoms with van der Waals surface area (Å²) in [4.78, 5) is 47.9. The Hall–Kier alpha value is -3.05. The van der Waals surface area contributed by atoms with Crippen molar-refractivity contribution in [2.75, 3.05) is 6.61 Å². The molecule has 10 nitrogen and oxygen atoms in total. The third-order valence-electron chi connectivity index (χ3n) is 4.48. The second-order valence-electron chi connectivity index (χ2n) is 6.44. The van der Waals surface area contributed by atoms with Gasteiger partial charge in [0, 0.05) is 0 Å². The van der Waals surface area contributed by atoms with Crippen LogP contribution in [0.4, 0.5) is 4.79 Å². The molecule has 0 bridgehead atoms. The van der Waals surface area contributed by atoms with Gasteiger partial charge in [-0.05, 0) is 24.6 Å². The quantitative estimate of drug-likeness (QED) is 0.424. The smallest absolute Gasteiger partial charge is 0.404 e. The van der Waals surface area contributed by atoms with Crippen LogP contribution in [0.5, 0.6) is 0 Å². The predicted octanol–water partition coefficient (Wildman–Crippen LogP) is 0.647. The first-order chi connectivity index (χ1) is 13.7. The second kappa shape index (κ2) is 8.13. The van der Waals surface area contributed by atoms with Crippen molar-refractivity contribution in [1.29, 1.82) is 0 Å². The lowest BCUT2D eigenvalue weighted by molar-refractivity contribution is -0.156. The molecule has 3 atom stereocenters. The molecule has 2 amide bonds. The molecule has 0 saturated carbocycles. The van der Waals surface area contributed by atoms with Gasteiger partial charge in [-0.1, -0.05) is 23.9 Å². The Morgan fingerprint density at radius 2 is 1.86 bits per heavy atom. The van der Waals surface area contributed by atoms with Crippen LogP contribution in [0.3, 0.4) is 0 Å². The molecule has 0 radical (unpaired) electrons. The van der Waals surface area contributed by atoms with E-state index in [4.69, 9.17) is 10.5 Å². The van der Waals surface area contributed by atoms with E-state index in [9.17, 15) is 29.4 Å². The summed E-state index contributed by atoms with van der Waals surface area (Å²) in [6.07, 6.45) is -1.82. The molecule has 0 aromatic heterocycles. The van der Waals surface area contributed by atoms with Crippen molar-refractivity contribution < 1.29 is 38.9 Å². The summed E-state index contributed by atoms with van der Waals surface area (Å²) in [5.74, 6) is -3.15. The Morgan fingerprint density at radius 3 is 2.41 bits per heavy atom. The molecule has 1 saturated heterocycles. The molecule has 1 aromatic carbocycles. The zero-order valence-corrected chi connectivity index (χ0v) is 16.0. The number of carbonyl (C=O) groups is 4. The molecule has 2 aliphatic rings. The number of thioether (sulfide) groups is 1. The van der Waals surface area contributed by atoms with Crippen molar-refractivity contribution in [2.24, 2.45) is 11.7 Å². The van der Waals surface area contributed by atoms with Crippen molar-refractivity contribution in [2.45, 2.75) is 25.0 Å².